The second-order valence-electron chi connectivity index (χ2n) is 6.69. The molecular weight excluding hydrogens is 384 g/mol. The lowest BCUT2D eigenvalue weighted by molar-refractivity contribution is 0.0995. The van der Waals surface area contributed by atoms with Crippen LogP contribution in [0.1, 0.15) is 23.7 Å². The number of fused-ring (bicyclic) bond motifs is 2. The van der Waals surface area contributed by atoms with Gasteiger partial charge in [-0.3, -0.25) is 4.79 Å². The van der Waals surface area contributed by atoms with Crippen molar-refractivity contribution < 1.29 is 14.3 Å². The lowest BCUT2D eigenvalue weighted by atomic mass is 10.1. The van der Waals surface area contributed by atoms with Crippen LogP contribution in [0.5, 0.6) is 11.5 Å². The van der Waals surface area contributed by atoms with E-state index in [9.17, 15) is 4.79 Å². The number of amides is 1. The van der Waals surface area contributed by atoms with Crippen molar-refractivity contribution in [2.75, 3.05) is 14.2 Å². The summed E-state index contributed by atoms with van der Waals surface area (Å²) in [5.74, 6) is 1.01. The molecule has 0 fully saturated rings. The van der Waals surface area contributed by atoms with Crippen molar-refractivity contribution in [2.24, 2.45) is 4.99 Å². The summed E-state index contributed by atoms with van der Waals surface area (Å²) in [6.07, 6.45) is 0.943. The van der Waals surface area contributed by atoms with Gasteiger partial charge in [-0.1, -0.05) is 42.5 Å². The third-order valence-electron chi connectivity index (χ3n) is 4.83. The molecule has 3 aromatic carbocycles. The van der Waals surface area contributed by atoms with E-state index in [1.807, 2.05) is 54.6 Å². The fourth-order valence-corrected chi connectivity index (χ4v) is 4.49. The predicted molar refractivity (Wildman–Crippen MR) is 117 cm³/mol. The highest BCUT2D eigenvalue weighted by atomic mass is 32.1. The minimum absolute atomic E-state index is 0.309. The number of rotatable bonds is 5. The van der Waals surface area contributed by atoms with Gasteiger partial charge in [0, 0.05) is 6.54 Å². The Hall–Kier alpha value is -3.12. The number of aromatic nitrogens is 1. The van der Waals surface area contributed by atoms with E-state index in [4.69, 9.17) is 9.47 Å². The second-order valence-corrected chi connectivity index (χ2v) is 7.70. The normalized spacial score (nSPS) is 11.9. The molecule has 0 atom stereocenters. The van der Waals surface area contributed by atoms with E-state index in [1.54, 1.807) is 14.2 Å². The van der Waals surface area contributed by atoms with Crippen LogP contribution in [0.25, 0.3) is 21.0 Å². The van der Waals surface area contributed by atoms with E-state index in [0.29, 0.717) is 16.1 Å². The summed E-state index contributed by atoms with van der Waals surface area (Å²) in [4.78, 5) is 18.3. The summed E-state index contributed by atoms with van der Waals surface area (Å²) in [5, 5.41) is 2.00. The first kappa shape index (κ1) is 19.2. The molecule has 1 heterocycles. The molecule has 6 heteroatoms. The van der Waals surface area contributed by atoms with Gasteiger partial charge in [0.15, 0.2) is 4.80 Å². The van der Waals surface area contributed by atoms with E-state index in [2.05, 4.69) is 16.5 Å². The molecular formula is C23H22N2O3S. The lowest BCUT2D eigenvalue weighted by Gasteiger charge is -2.08. The Morgan fingerprint density at radius 1 is 1.03 bits per heavy atom. The summed E-state index contributed by atoms with van der Waals surface area (Å²) in [6.45, 7) is 2.89. The number of aryl methyl sites for hydroxylation is 1. The van der Waals surface area contributed by atoms with E-state index < -0.39 is 0 Å². The predicted octanol–water partition coefficient (Wildman–Crippen LogP) is 5.02. The monoisotopic (exact) mass is 406 g/mol. The van der Waals surface area contributed by atoms with Crippen LogP contribution in [0, 0.1) is 0 Å². The van der Waals surface area contributed by atoms with Gasteiger partial charge in [-0.25, -0.2) is 0 Å². The highest BCUT2D eigenvalue weighted by molar-refractivity contribution is 7.16. The van der Waals surface area contributed by atoms with Gasteiger partial charge in [0.1, 0.15) is 11.5 Å². The van der Waals surface area contributed by atoms with Crippen molar-refractivity contribution in [3.05, 3.63) is 65.0 Å². The van der Waals surface area contributed by atoms with Crippen LogP contribution in [0.4, 0.5) is 0 Å². The first-order valence-corrected chi connectivity index (χ1v) is 10.3. The topological polar surface area (TPSA) is 52.8 Å². The van der Waals surface area contributed by atoms with E-state index in [1.165, 1.54) is 11.3 Å². The number of carbonyl (C=O) groups excluding carboxylic acids is 1. The zero-order valence-corrected chi connectivity index (χ0v) is 17.5. The van der Waals surface area contributed by atoms with Crippen LogP contribution in [-0.2, 0) is 6.54 Å². The largest absolute Gasteiger partial charge is 0.497 e. The van der Waals surface area contributed by atoms with Crippen LogP contribution < -0.4 is 14.3 Å². The Morgan fingerprint density at radius 2 is 1.79 bits per heavy atom. The van der Waals surface area contributed by atoms with Gasteiger partial charge in [-0.15, -0.1) is 0 Å². The average Bonchev–Trinajstić information content (AvgIpc) is 3.09. The summed E-state index contributed by atoms with van der Waals surface area (Å²) in [6, 6.07) is 17.5. The number of nitrogens with zero attached hydrogens (tertiary/aromatic N) is 2. The van der Waals surface area contributed by atoms with Crippen molar-refractivity contribution >= 4 is 38.2 Å². The number of benzene rings is 3. The van der Waals surface area contributed by atoms with Gasteiger partial charge in [0.05, 0.1) is 30.0 Å². The molecule has 0 unspecified atom stereocenters. The van der Waals surface area contributed by atoms with Crippen LogP contribution in [0.3, 0.4) is 0 Å². The molecule has 29 heavy (non-hydrogen) atoms. The fourth-order valence-electron chi connectivity index (χ4n) is 3.41. The number of carbonyl (C=O) groups is 1. The van der Waals surface area contributed by atoms with Gasteiger partial charge in [-0.2, -0.15) is 4.99 Å². The minimum atomic E-state index is -0.309. The first-order valence-electron chi connectivity index (χ1n) is 9.47. The van der Waals surface area contributed by atoms with Crippen molar-refractivity contribution in [2.45, 2.75) is 19.9 Å². The number of hydrogen-bond donors (Lipinski definition) is 0. The molecule has 4 aromatic rings. The number of ether oxygens (including phenoxy) is 2. The third-order valence-corrected chi connectivity index (χ3v) is 5.87. The smallest absolute Gasteiger partial charge is 0.283 e. The molecule has 0 saturated carbocycles. The minimum Gasteiger partial charge on any atom is -0.497 e. The molecule has 5 nitrogen and oxygen atoms in total. The highest BCUT2D eigenvalue weighted by Gasteiger charge is 2.15. The SMILES string of the molecule is CCCn1c(=NC(=O)c2cc3ccccc3cc2OC)sc2cc(OC)ccc21. The molecule has 1 aromatic heterocycles. The molecule has 0 saturated heterocycles. The molecule has 0 aliphatic carbocycles. The van der Waals surface area contributed by atoms with Gasteiger partial charge in [0.25, 0.3) is 5.91 Å². The average molecular weight is 407 g/mol. The van der Waals surface area contributed by atoms with Gasteiger partial charge in [0.2, 0.25) is 0 Å². The zero-order chi connectivity index (χ0) is 20.4. The summed E-state index contributed by atoms with van der Waals surface area (Å²) < 4.78 is 13.9. The van der Waals surface area contributed by atoms with Gasteiger partial charge >= 0.3 is 0 Å². The van der Waals surface area contributed by atoms with E-state index >= 15 is 0 Å². The van der Waals surface area contributed by atoms with Crippen molar-refractivity contribution in [3.8, 4) is 11.5 Å². The molecule has 0 bridgehead atoms. The molecule has 0 radical (unpaired) electrons. The molecule has 1 amide bonds. The Labute approximate surface area is 172 Å². The maximum atomic E-state index is 13.1. The number of methoxy groups -OCH3 is 2. The molecule has 148 valence electrons. The Bertz CT molecular complexity index is 1270. The molecule has 0 aliphatic heterocycles. The maximum Gasteiger partial charge on any atom is 0.283 e. The standard InChI is InChI=1S/C23H22N2O3S/c1-4-11-25-19-10-9-17(27-2)14-21(19)29-23(25)24-22(26)18-12-15-7-5-6-8-16(15)13-20(18)28-3/h5-10,12-14H,4,11H2,1-3H3. The summed E-state index contributed by atoms with van der Waals surface area (Å²) in [5.41, 5.74) is 1.51. The van der Waals surface area contributed by atoms with Gasteiger partial charge in [-0.05, 0) is 47.5 Å². The number of thiazole rings is 1. The Balaban J connectivity index is 1.87. The van der Waals surface area contributed by atoms with Crippen LogP contribution >= 0.6 is 11.3 Å². The van der Waals surface area contributed by atoms with Gasteiger partial charge < -0.3 is 14.0 Å². The van der Waals surface area contributed by atoms with Crippen LogP contribution in [-0.4, -0.2) is 24.7 Å². The Morgan fingerprint density at radius 3 is 2.48 bits per heavy atom. The summed E-state index contributed by atoms with van der Waals surface area (Å²) in [7, 11) is 3.22. The highest BCUT2D eigenvalue weighted by Crippen LogP contribution is 2.27. The van der Waals surface area contributed by atoms with Crippen molar-refractivity contribution in [1.29, 1.82) is 0 Å². The molecule has 0 N–H and O–H groups in total. The fraction of sp³-hybridized carbons (Fsp3) is 0.217. The summed E-state index contributed by atoms with van der Waals surface area (Å²) >= 11 is 1.49. The molecule has 0 spiro atoms. The quantitative estimate of drug-likeness (QED) is 0.467. The first-order chi connectivity index (χ1) is 14.1. The van der Waals surface area contributed by atoms with Crippen LogP contribution in [0.15, 0.2) is 59.6 Å². The second kappa shape index (κ2) is 8.09. The third kappa shape index (κ3) is 3.63. The van der Waals surface area contributed by atoms with E-state index in [-0.39, 0.29) is 5.91 Å². The molecule has 0 aliphatic rings. The Kier molecular flexibility index (Phi) is 5.36. The lowest BCUT2D eigenvalue weighted by Crippen LogP contribution is -2.17. The molecule has 4 rings (SSSR count). The number of hydrogen-bond acceptors (Lipinski definition) is 4. The van der Waals surface area contributed by atoms with Crippen molar-refractivity contribution in [3.63, 3.8) is 0 Å². The van der Waals surface area contributed by atoms with Crippen LogP contribution in [0.2, 0.25) is 0 Å². The maximum absolute atomic E-state index is 13.1. The zero-order valence-electron chi connectivity index (χ0n) is 16.6. The van der Waals surface area contributed by atoms with Crippen molar-refractivity contribution in [1.82, 2.24) is 4.57 Å². The van der Waals surface area contributed by atoms with E-state index in [0.717, 1.165) is 39.7 Å².